The molecule has 1 aliphatic heterocycles. The predicted molar refractivity (Wildman–Crippen MR) is 66.9 cm³/mol. The zero-order valence-electron chi connectivity index (χ0n) is 10.8. The highest BCUT2D eigenvalue weighted by molar-refractivity contribution is 5.97. The van der Waals surface area contributed by atoms with Crippen LogP contribution >= 0.6 is 0 Å². The molecule has 3 rings (SSSR count). The molecule has 20 heavy (non-hydrogen) atoms. The molecule has 2 aromatic heterocycles. The SMILES string of the molecule is Cc1[nH]ncc1C(=O)N1Cc2[nH]cnc2CC1C(=O)O. The van der Waals surface area contributed by atoms with E-state index in [4.69, 9.17) is 0 Å². The molecular formula is C12H13N5O3. The summed E-state index contributed by atoms with van der Waals surface area (Å²) in [6, 6.07) is -0.910. The van der Waals surface area contributed by atoms with Crippen LogP contribution in [0.3, 0.4) is 0 Å². The van der Waals surface area contributed by atoms with E-state index < -0.39 is 12.0 Å². The first kappa shape index (κ1) is 12.4. The molecule has 8 nitrogen and oxygen atoms in total. The number of nitrogens with zero attached hydrogens (tertiary/aromatic N) is 3. The van der Waals surface area contributed by atoms with E-state index in [1.807, 2.05) is 0 Å². The molecule has 0 fully saturated rings. The summed E-state index contributed by atoms with van der Waals surface area (Å²) in [6.45, 7) is 1.93. The Hall–Kier alpha value is -2.64. The van der Waals surface area contributed by atoms with Gasteiger partial charge in [-0.05, 0) is 6.92 Å². The second-order valence-corrected chi connectivity index (χ2v) is 4.73. The average molecular weight is 275 g/mol. The van der Waals surface area contributed by atoms with Crippen LogP contribution in [-0.4, -0.2) is 48.1 Å². The minimum atomic E-state index is -1.03. The van der Waals surface area contributed by atoms with Gasteiger partial charge in [0, 0.05) is 12.1 Å². The normalized spacial score (nSPS) is 17.9. The molecule has 8 heteroatoms. The lowest BCUT2D eigenvalue weighted by Gasteiger charge is -2.32. The van der Waals surface area contributed by atoms with E-state index in [0.717, 1.165) is 5.69 Å². The maximum absolute atomic E-state index is 12.5. The van der Waals surface area contributed by atoms with Crippen LogP contribution in [0, 0.1) is 6.92 Å². The molecule has 2 aromatic rings. The fourth-order valence-electron chi connectivity index (χ4n) is 2.39. The lowest BCUT2D eigenvalue weighted by molar-refractivity contribution is -0.142. The van der Waals surface area contributed by atoms with Gasteiger partial charge in [0.05, 0.1) is 36.0 Å². The molecule has 0 aromatic carbocycles. The molecule has 1 atom stereocenters. The highest BCUT2D eigenvalue weighted by Crippen LogP contribution is 2.23. The minimum Gasteiger partial charge on any atom is -0.480 e. The molecule has 0 spiro atoms. The third-order valence-corrected chi connectivity index (χ3v) is 3.51. The van der Waals surface area contributed by atoms with Crippen molar-refractivity contribution in [2.75, 3.05) is 0 Å². The van der Waals surface area contributed by atoms with Crippen LogP contribution in [0.5, 0.6) is 0 Å². The first-order chi connectivity index (χ1) is 9.58. The number of hydrogen-bond acceptors (Lipinski definition) is 4. The molecule has 1 unspecified atom stereocenters. The number of rotatable bonds is 2. The number of nitrogens with one attached hydrogen (secondary N) is 2. The fraction of sp³-hybridized carbons (Fsp3) is 0.333. The summed E-state index contributed by atoms with van der Waals surface area (Å²) >= 11 is 0. The second-order valence-electron chi connectivity index (χ2n) is 4.73. The van der Waals surface area contributed by atoms with Gasteiger partial charge in [-0.3, -0.25) is 9.89 Å². The van der Waals surface area contributed by atoms with E-state index in [1.54, 1.807) is 6.92 Å². The van der Waals surface area contributed by atoms with E-state index in [0.29, 0.717) is 17.0 Å². The largest absolute Gasteiger partial charge is 0.480 e. The van der Waals surface area contributed by atoms with Gasteiger partial charge >= 0.3 is 5.97 Å². The average Bonchev–Trinajstić information content (AvgIpc) is 3.04. The van der Waals surface area contributed by atoms with E-state index in [-0.39, 0.29) is 18.9 Å². The highest BCUT2D eigenvalue weighted by atomic mass is 16.4. The molecule has 0 saturated carbocycles. The summed E-state index contributed by atoms with van der Waals surface area (Å²) in [7, 11) is 0. The van der Waals surface area contributed by atoms with Crippen LogP contribution in [0.1, 0.15) is 27.4 Å². The number of amides is 1. The molecule has 0 aliphatic carbocycles. The highest BCUT2D eigenvalue weighted by Gasteiger charge is 2.36. The Labute approximate surface area is 113 Å². The molecule has 0 saturated heterocycles. The quantitative estimate of drug-likeness (QED) is 0.718. The van der Waals surface area contributed by atoms with Gasteiger partial charge in [0.1, 0.15) is 6.04 Å². The molecule has 3 N–H and O–H groups in total. The summed E-state index contributed by atoms with van der Waals surface area (Å²) in [5, 5.41) is 15.8. The first-order valence-electron chi connectivity index (χ1n) is 6.12. The van der Waals surface area contributed by atoms with Crippen molar-refractivity contribution in [3.8, 4) is 0 Å². The first-order valence-corrected chi connectivity index (χ1v) is 6.12. The number of carboxylic acid groups (broad SMARTS) is 1. The summed E-state index contributed by atoms with van der Waals surface area (Å²) in [6.07, 6.45) is 3.14. The standard InChI is InChI=1S/C12H13N5O3/c1-6-7(3-15-16-6)11(18)17-4-9-8(13-5-14-9)2-10(17)12(19)20/h3,5,10H,2,4H2,1H3,(H,13,14)(H,15,16)(H,19,20). The van der Waals surface area contributed by atoms with E-state index >= 15 is 0 Å². The Morgan fingerprint density at radius 2 is 2.30 bits per heavy atom. The van der Waals surface area contributed by atoms with Gasteiger partial charge in [0.15, 0.2) is 0 Å². The Morgan fingerprint density at radius 3 is 2.95 bits per heavy atom. The predicted octanol–water partition coefficient (Wildman–Crippen LogP) is 0.0929. The number of aromatic nitrogens is 4. The summed E-state index contributed by atoms with van der Waals surface area (Å²) in [4.78, 5) is 32.3. The lowest BCUT2D eigenvalue weighted by Crippen LogP contribution is -2.48. The van der Waals surface area contributed by atoms with E-state index in [9.17, 15) is 14.7 Å². The lowest BCUT2D eigenvalue weighted by atomic mass is 10.0. The monoisotopic (exact) mass is 275 g/mol. The molecule has 1 amide bonds. The van der Waals surface area contributed by atoms with Crippen molar-refractivity contribution < 1.29 is 14.7 Å². The molecule has 104 valence electrons. The third kappa shape index (κ3) is 1.85. The fourth-order valence-corrected chi connectivity index (χ4v) is 2.39. The van der Waals surface area contributed by atoms with Crippen molar-refractivity contribution in [3.05, 3.63) is 35.2 Å². The van der Waals surface area contributed by atoms with Crippen molar-refractivity contribution in [1.29, 1.82) is 0 Å². The van der Waals surface area contributed by atoms with Crippen LogP contribution in [0.2, 0.25) is 0 Å². The smallest absolute Gasteiger partial charge is 0.326 e. The summed E-state index contributed by atoms with van der Waals surface area (Å²) < 4.78 is 0. The van der Waals surface area contributed by atoms with Gasteiger partial charge in [-0.25, -0.2) is 9.78 Å². The van der Waals surface area contributed by atoms with Crippen molar-refractivity contribution in [1.82, 2.24) is 25.1 Å². The van der Waals surface area contributed by atoms with Crippen LogP contribution in [0.25, 0.3) is 0 Å². The van der Waals surface area contributed by atoms with Crippen LogP contribution in [0.15, 0.2) is 12.5 Å². The number of aliphatic carboxylic acids is 1. The van der Waals surface area contributed by atoms with Gasteiger partial charge in [0.25, 0.3) is 5.91 Å². The van der Waals surface area contributed by atoms with Crippen LogP contribution in [0.4, 0.5) is 0 Å². The van der Waals surface area contributed by atoms with Crippen molar-refractivity contribution >= 4 is 11.9 Å². The summed E-state index contributed by atoms with van der Waals surface area (Å²) in [5.41, 5.74) is 2.48. The van der Waals surface area contributed by atoms with Gasteiger partial charge in [-0.15, -0.1) is 0 Å². The topological polar surface area (TPSA) is 115 Å². The van der Waals surface area contributed by atoms with Crippen molar-refractivity contribution in [2.24, 2.45) is 0 Å². The number of aryl methyl sites for hydroxylation is 1. The maximum Gasteiger partial charge on any atom is 0.326 e. The second kappa shape index (κ2) is 4.48. The zero-order chi connectivity index (χ0) is 14.3. The molecule has 0 radical (unpaired) electrons. The van der Waals surface area contributed by atoms with Gasteiger partial charge in [-0.1, -0.05) is 0 Å². The Balaban J connectivity index is 1.96. The van der Waals surface area contributed by atoms with E-state index in [1.165, 1.54) is 17.4 Å². The number of carboxylic acids is 1. The Kier molecular flexibility index (Phi) is 2.78. The van der Waals surface area contributed by atoms with Gasteiger partial charge in [-0.2, -0.15) is 5.10 Å². The number of hydrogen-bond donors (Lipinski definition) is 3. The molecule has 3 heterocycles. The zero-order valence-corrected chi connectivity index (χ0v) is 10.8. The maximum atomic E-state index is 12.5. The van der Waals surface area contributed by atoms with Crippen LogP contribution in [-0.2, 0) is 17.8 Å². The number of imidazole rings is 1. The number of carbonyl (C=O) groups is 2. The Morgan fingerprint density at radius 1 is 1.50 bits per heavy atom. The number of aromatic amines is 2. The number of H-pyrrole nitrogens is 2. The van der Waals surface area contributed by atoms with Crippen molar-refractivity contribution in [2.45, 2.75) is 25.9 Å². The molecule has 0 bridgehead atoms. The van der Waals surface area contributed by atoms with Gasteiger partial charge in [0.2, 0.25) is 0 Å². The van der Waals surface area contributed by atoms with E-state index in [2.05, 4.69) is 20.2 Å². The molecule has 1 aliphatic rings. The van der Waals surface area contributed by atoms with Crippen LogP contribution < -0.4 is 0 Å². The Bertz CT molecular complexity index is 674. The van der Waals surface area contributed by atoms with Crippen molar-refractivity contribution in [3.63, 3.8) is 0 Å². The number of carbonyl (C=O) groups excluding carboxylic acids is 1. The minimum absolute atomic E-state index is 0.204. The molecular weight excluding hydrogens is 262 g/mol. The van der Waals surface area contributed by atoms with Gasteiger partial charge < -0.3 is 15.0 Å². The summed E-state index contributed by atoms with van der Waals surface area (Å²) in [5.74, 6) is -1.38. The number of fused-ring (bicyclic) bond motifs is 1. The third-order valence-electron chi connectivity index (χ3n) is 3.51.